The van der Waals surface area contributed by atoms with Crippen molar-refractivity contribution in [2.45, 2.75) is 26.7 Å². The van der Waals surface area contributed by atoms with Gasteiger partial charge in [-0.25, -0.2) is 0 Å². The number of ether oxygens (including phenoxy) is 2. The molecule has 0 fully saturated rings. The molecular weight excluding hydrogens is 390 g/mol. The number of carbonyl (C=O) groups excluding carboxylic acids is 2. The maximum atomic E-state index is 11.8. The van der Waals surface area contributed by atoms with Gasteiger partial charge < -0.3 is 27.6 Å². The Labute approximate surface area is 154 Å². The molecule has 0 aromatic heterocycles. The number of hydrogen-bond donors (Lipinski definition) is 0. The van der Waals surface area contributed by atoms with Gasteiger partial charge >= 0.3 is 27.1 Å². The molecule has 0 aromatic rings. The zero-order chi connectivity index (χ0) is 20.6. The van der Waals surface area contributed by atoms with E-state index in [0.717, 1.165) is 0 Å². The van der Waals surface area contributed by atoms with Crippen LogP contribution in [0.2, 0.25) is 0 Å². The van der Waals surface area contributed by atoms with Crippen molar-refractivity contribution in [2.75, 3.05) is 54.0 Å². The van der Waals surface area contributed by atoms with Gasteiger partial charge in [-0.05, 0) is 13.8 Å². The molecule has 156 valence electrons. The van der Waals surface area contributed by atoms with Crippen molar-refractivity contribution < 1.29 is 46.3 Å². The molecule has 12 heteroatoms. The van der Waals surface area contributed by atoms with Gasteiger partial charge in [0.1, 0.15) is 0 Å². The molecule has 26 heavy (non-hydrogen) atoms. The Morgan fingerprint density at radius 1 is 0.692 bits per heavy atom. The number of methoxy groups -OCH3 is 2. The highest BCUT2D eigenvalue weighted by atomic mass is 31.2. The molecular formula is C14H30O10P2. The maximum Gasteiger partial charge on any atom is 0.331 e. The van der Waals surface area contributed by atoms with Crippen molar-refractivity contribution in [1.82, 2.24) is 0 Å². The summed E-state index contributed by atoms with van der Waals surface area (Å²) >= 11 is 0. The van der Waals surface area contributed by atoms with Gasteiger partial charge in [0.25, 0.3) is 0 Å². The van der Waals surface area contributed by atoms with Gasteiger partial charge in [0.05, 0.1) is 52.6 Å². The van der Waals surface area contributed by atoms with E-state index in [1.165, 1.54) is 28.4 Å². The van der Waals surface area contributed by atoms with Crippen LogP contribution in [-0.4, -0.2) is 65.9 Å². The van der Waals surface area contributed by atoms with Crippen molar-refractivity contribution in [2.24, 2.45) is 0 Å². The number of hydrogen-bond acceptors (Lipinski definition) is 10. The summed E-state index contributed by atoms with van der Waals surface area (Å²) < 4.78 is 51.1. The minimum atomic E-state index is -3.09. The lowest BCUT2D eigenvalue weighted by molar-refractivity contribution is -0.141. The van der Waals surface area contributed by atoms with Crippen LogP contribution in [0.4, 0.5) is 0 Å². The highest BCUT2D eigenvalue weighted by Crippen LogP contribution is 2.48. The average Bonchev–Trinajstić information content (AvgIpc) is 2.64. The van der Waals surface area contributed by atoms with Gasteiger partial charge in [0.15, 0.2) is 0 Å². The first kappa shape index (κ1) is 27.5. The lowest BCUT2D eigenvalue weighted by Gasteiger charge is -2.15. The van der Waals surface area contributed by atoms with Crippen LogP contribution in [0, 0.1) is 0 Å². The zero-order valence-electron chi connectivity index (χ0n) is 16.2. The topological polar surface area (TPSA) is 124 Å². The smallest absolute Gasteiger partial charge is 0.331 e. The van der Waals surface area contributed by atoms with E-state index in [9.17, 15) is 18.7 Å². The lowest BCUT2D eigenvalue weighted by Crippen LogP contribution is -2.07. The standard InChI is InChI=1S/C8H17O5P.C6H13O5P/c1-4-12-14(10,13-5-2)7-6-8(9)11-3;1-9-6(7)4-5-12(8,10-2)11-3/h4-7H2,1-3H3;4-5H2,1-3H3. The predicted molar refractivity (Wildman–Crippen MR) is 95.5 cm³/mol. The molecule has 0 bridgehead atoms. The number of carbonyl (C=O) groups is 2. The molecule has 0 spiro atoms. The lowest BCUT2D eigenvalue weighted by atomic mass is 10.5. The molecule has 0 atom stereocenters. The highest BCUT2D eigenvalue weighted by molar-refractivity contribution is 7.54. The second-order valence-corrected chi connectivity index (χ2v) is 9.11. The predicted octanol–water partition coefficient (Wildman–Crippen LogP) is 2.85. The van der Waals surface area contributed by atoms with Crippen molar-refractivity contribution in [3.05, 3.63) is 0 Å². The summed E-state index contributed by atoms with van der Waals surface area (Å²) in [5.41, 5.74) is 0. The first-order valence-electron chi connectivity index (χ1n) is 7.88. The molecule has 0 unspecified atom stereocenters. The Morgan fingerprint density at radius 2 is 1.04 bits per heavy atom. The van der Waals surface area contributed by atoms with Crippen LogP contribution in [0.5, 0.6) is 0 Å². The van der Waals surface area contributed by atoms with Crippen molar-refractivity contribution >= 4 is 27.1 Å². The van der Waals surface area contributed by atoms with Gasteiger partial charge in [0, 0.05) is 14.2 Å². The van der Waals surface area contributed by atoms with Crippen LogP contribution in [0.3, 0.4) is 0 Å². The van der Waals surface area contributed by atoms with Crippen molar-refractivity contribution in [3.63, 3.8) is 0 Å². The van der Waals surface area contributed by atoms with Gasteiger partial charge in [-0.1, -0.05) is 0 Å². The molecule has 0 radical (unpaired) electrons. The molecule has 0 saturated heterocycles. The van der Waals surface area contributed by atoms with Gasteiger partial charge in [-0.2, -0.15) is 0 Å². The Hall–Kier alpha value is -0.760. The second-order valence-electron chi connectivity index (χ2n) is 4.52. The third-order valence-electron chi connectivity index (χ3n) is 2.84. The largest absolute Gasteiger partial charge is 0.469 e. The third-order valence-corrected chi connectivity index (χ3v) is 6.80. The fourth-order valence-electron chi connectivity index (χ4n) is 1.48. The molecule has 0 heterocycles. The van der Waals surface area contributed by atoms with E-state index in [0.29, 0.717) is 13.2 Å². The van der Waals surface area contributed by atoms with E-state index in [1.807, 2.05) is 0 Å². The fourth-order valence-corrected chi connectivity index (χ4v) is 4.02. The van der Waals surface area contributed by atoms with Gasteiger partial charge in [-0.15, -0.1) is 0 Å². The minimum Gasteiger partial charge on any atom is -0.469 e. The van der Waals surface area contributed by atoms with E-state index in [2.05, 4.69) is 18.5 Å². The SMILES string of the molecule is CCOP(=O)(CCC(=O)OC)OCC.COC(=O)CCP(=O)(OC)OC. The number of esters is 2. The monoisotopic (exact) mass is 420 g/mol. The summed E-state index contributed by atoms with van der Waals surface area (Å²) in [5.74, 6) is -0.839. The average molecular weight is 420 g/mol. The molecule has 10 nitrogen and oxygen atoms in total. The van der Waals surface area contributed by atoms with Crippen molar-refractivity contribution in [3.8, 4) is 0 Å². The van der Waals surface area contributed by atoms with E-state index in [4.69, 9.17) is 9.05 Å². The highest BCUT2D eigenvalue weighted by Gasteiger charge is 2.24. The molecule has 0 saturated carbocycles. The van der Waals surface area contributed by atoms with Crippen LogP contribution in [0.1, 0.15) is 26.7 Å². The third kappa shape index (κ3) is 13.4. The van der Waals surface area contributed by atoms with Gasteiger partial charge in [0.2, 0.25) is 0 Å². The Morgan fingerprint density at radius 3 is 1.31 bits per heavy atom. The summed E-state index contributed by atoms with van der Waals surface area (Å²) in [6, 6.07) is 0. The zero-order valence-corrected chi connectivity index (χ0v) is 18.0. The normalized spacial score (nSPS) is 11.3. The molecule has 0 aromatic carbocycles. The van der Waals surface area contributed by atoms with Gasteiger partial charge in [-0.3, -0.25) is 18.7 Å². The molecule has 0 amide bonds. The summed E-state index contributed by atoms with van der Waals surface area (Å²) in [7, 11) is -1.02. The van der Waals surface area contributed by atoms with Crippen LogP contribution >= 0.6 is 15.2 Å². The fraction of sp³-hybridized carbons (Fsp3) is 0.857. The summed E-state index contributed by atoms with van der Waals surface area (Å²) in [6.07, 6.45) is 0.206. The molecule has 0 aliphatic carbocycles. The quantitative estimate of drug-likeness (QED) is 0.344. The van der Waals surface area contributed by atoms with Crippen LogP contribution in [0.25, 0.3) is 0 Å². The molecule has 0 rings (SSSR count). The van der Waals surface area contributed by atoms with E-state index >= 15 is 0 Å². The molecule has 0 N–H and O–H groups in total. The maximum absolute atomic E-state index is 11.8. The van der Waals surface area contributed by atoms with E-state index < -0.39 is 27.1 Å². The Bertz CT molecular complexity index is 476. The molecule has 0 aliphatic rings. The van der Waals surface area contributed by atoms with Crippen LogP contribution < -0.4 is 0 Å². The number of rotatable bonds is 12. The van der Waals surface area contributed by atoms with E-state index in [-0.39, 0.29) is 25.2 Å². The Balaban J connectivity index is 0. The first-order valence-corrected chi connectivity index (χ1v) is 11.3. The Kier molecular flexibility index (Phi) is 16.2. The van der Waals surface area contributed by atoms with E-state index in [1.54, 1.807) is 13.8 Å². The summed E-state index contributed by atoms with van der Waals surface area (Å²) in [4.78, 5) is 21.4. The van der Waals surface area contributed by atoms with Crippen LogP contribution in [-0.2, 0) is 46.3 Å². The first-order chi connectivity index (χ1) is 12.2. The molecule has 0 aliphatic heterocycles. The summed E-state index contributed by atoms with van der Waals surface area (Å²) in [5, 5.41) is 0. The summed E-state index contributed by atoms with van der Waals surface area (Å²) in [6.45, 7) is 4.06. The minimum absolute atomic E-state index is 0.0372. The van der Waals surface area contributed by atoms with Crippen molar-refractivity contribution in [1.29, 1.82) is 0 Å². The van der Waals surface area contributed by atoms with Crippen LogP contribution in [0.15, 0.2) is 0 Å². The second kappa shape index (κ2) is 15.3.